The molecule has 0 bridgehead atoms. The van der Waals surface area contributed by atoms with Gasteiger partial charge in [0.2, 0.25) is 0 Å². The zero-order valence-corrected chi connectivity index (χ0v) is 7.31. The number of ether oxygens (including phenoxy) is 1. The minimum Gasteiger partial charge on any atom is -0.456 e. The molecular formula is C11H11NO. The Bertz CT molecular complexity index is 314. The lowest BCUT2D eigenvalue weighted by Gasteiger charge is -2.03. The van der Waals surface area contributed by atoms with Crippen molar-refractivity contribution in [1.82, 2.24) is 4.98 Å². The largest absolute Gasteiger partial charge is 0.456 e. The average molecular weight is 173 g/mol. The molecule has 0 aromatic carbocycles. The van der Waals surface area contributed by atoms with Crippen molar-refractivity contribution in [2.24, 2.45) is 0 Å². The predicted molar refractivity (Wildman–Crippen MR) is 53.3 cm³/mol. The summed E-state index contributed by atoms with van der Waals surface area (Å²) in [7, 11) is 0. The van der Waals surface area contributed by atoms with Crippen molar-refractivity contribution in [3.63, 3.8) is 0 Å². The molecule has 1 rings (SSSR count). The zero-order valence-electron chi connectivity index (χ0n) is 7.31. The second-order valence-electron chi connectivity index (χ2n) is 2.30. The fourth-order valence-corrected chi connectivity index (χ4v) is 0.803. The van der Waals surface area contributed by atoms with Crippen molar-refractivity contribution in [3.8, 4) is 5.75 Å². The minimum absolute atomic E-state index is 0.656. The van der Waals surface area contributed by atoms with E-state index < -0.39 is 0 Å². The highest BCUT2D eigenvalue weighted by molar-refractivity contribution is 5.24. The third kappa shape index (κ3) is 2.95. The predicted octanol–water partition coefficient (Wildman–Crippen LogP) is 2.72. The van der Waals surface area contributed by atoms with Crippen LogP contribution in [0.3, 0.4) is 0 Å². The Hall–Kier alpha value is -1.83. The van der Waals surface area contributed by atoms with Crippen molar-refractivity contribution in [2.45, 2.75) is 0 Å². The molecule has 0 aliphatic carbocycles. The Balaban J connectivity index is 2.73. The molecule has 0 atom stereocenters. The van der Waals surface area contributed by atoms with Gasteiger partial charge in [0, 0.05) is 6.20 Å². The molecule has 13 heavy (non-hydrogen) atoms. The molecule has 2 nitrogen and oxygen atoms in total. The van der Waals surface area contributed by atoms with Crippen LogP contribution in [0.4, 0.5) is 0 Å². The van der Waals surface area contributed by atoms with Gasteiger partial charge < -0.3 is 4.74 Å². The SMILES string of the molecule is C=C/C=C(\C=C)Oc1cccnc1. The average Bonchev–Trinajstić information content (AvgIpc) is 2.19. The van der Waals surface area contributed by atoms with Crippen molar-refractivity contribution in [2.75, 3.05) is 0 Å². The highest BCUT2D eigenvalue weighted by Gasteiger charge is 1.93. The van der Waals surface area contributed by atoms with Gasteiger partial charge in [-0.3, -0.25) is 4.98 Å². The Labute approximate surface area is 77.9 Å². The molecule has 2 heteroatoms. The van der Waals surface area contributed by atoms with Gasteiger partial charge in [-0.05, 0) is 24.3 Å². The molecule has 0 saturated heterocycles. The van der Waals surface area contributed by atoms with Crippen LogP contribution in [-0.4, -0.2) is 4.98 Å². The normalized spacial score (nSPS) is 10.6. The first-order valence-electron chi connectivity index (χ1n) is 3.90. The molecule has 66 valence electrons. The molecule has 1 aromatic heterocycles. The number of hydrogen-bond acceptors (Lipinski definition) is 2. The Morgan fingerprint density at radius 1 is 1.46 bits per heavy atom. The van der Waals surface area contributed by atoms with Crippen LogP contribution < -0.4 is 4.74 Å². The molecular weight excluding hydrogens is 162 g/mol. The van der Waals surface area contributed by atoms with Gasteiger partial charge in [0.25, 0.3) is 0 Å². The summed E-state index contributed by atoms with van der Waals surface area (Å²) in [5.41, 5.74) is 0. The highest BCUT2D eigenvalue weighted by Crippen LogP contribution is 2.11. The summed E-state index contributed by atoms with van der Waals surface area (Å²) in [6.45, 7) is 7.18. The summed E-state index contributed by atoms with van der Waals surface area (Å²) < 4.78 is 5.41. The van der Waals surface area contributed by atoms with Crippen LogP contribution in [0.15, 0.2) is 61.7 Å². The molecule has 1 aromatic rings. The van der Waals surface area contributed by atoms with Crippen LogP contribution in [0.1, 0.15) is 0 Å². The molecule has 1 heterocycles. The number of pyridine rings is 1. The molecule has 0 N–H and O–H groups in total. The fourth-order valence-electron chi connectivity index (χ4n) is 0.803. The van der Waals surface area contributed by atoms with Gasteiger partial charge in [0.15, 0.2) is 0 Å². The van der Waals surface area contributed by atoms with E-state index in [1.807, 2.05) is 12.1 Å². The molecule has 0 saturated carbocycles. The van der Waals surface area contributed by atoms with E-state index in [-0.39, 0.29) is 0 Å². The third-order valence-corrected chi connectivity index (χ3v) is 1.35. The molecule has 0 aliphatic heterocycles. The monoisotopic (exact) mass is 173 g/mol. The zero-order chi connectivity index (χ0) is 9.52. The van der Waals surface area contributed by atoms with Crippen LogP contribution in [0.5, 0.6) is 5.75 Å². The Morgan fingerprint density at radius 3 is 2.85 bits per heavy atom. The second kappa shape index (κ2) is 4.93. The van der Waals surface area contributed by atoms with Gasteiger partial charge in [-0.25, -0.2) is 0 Å². The first-order valence-corrected chi connectivity index (χ1v) is 3.90. The summed E-state index contributed by atoms with van der Waals surface area (Å²) in [4.78, 5) is 3.92. The number of hydrogen-bond donors (Lipinski definition) is 0. The van der Waals surface area contributed by atoms with Crippen LogP contribution in [0.25, 0.3) is 0 Å². The van der Waals surface area contributed by atoms with E-state index in [0.29, 0.717) is 11.5 Å². The quantitative estimate of drug-likeness (QED) is 0.516. The van der Waals surface area contributed by atoms with Gasteiger partial charge in [-0.2, -0.15) is 0 Å². The van der Waals surface area contributed by atoms with E-state index in [0.717, 1.165) is 0 Å². The van der Waals surface area contributed by atoms with E-state index in [9.17, 15) is 0 Å². The number of nitrogens with zero attached hydrogens (tertiary/aromatic N) is 1. The molecule has 0 aliphatic rings. The maximum atomic E-state index is 5.41. The molecule has 0 fully saturated rings. The van der Waals surface area contributed by atoms with Gasteiger partial charge in [-0.1, -0.05) is 19.2 Å². The summed E-state index contributed by atoms with van der Waals surface area (Å²) >= 11 is 0. The third-order valence-electron chi connectivity index (χ3n) is 1.35. The second-order valence-corrected chi connectivity index (χ2v) is 2.30. The van der Waals surface area contributed by atoms with E-state index in [1.165, 1.54) is 0 Å². The number of rotatable bonds is 4. The van der Waals surface area contributed by atoms with Crippen molar-refractivity contribution < 1.29 is 4.74 Å². The van der Waals surface area contributed by atoms with Crippen molar-refractivity contribution in [3.05, 3.63) is 61.7 Å². The molecule has 0 amide bonds. The van der Waals surface area contributed by atoms with E-state index in [1.54, 1.807) is 30.6 Å². The molecule has 0 unspecified atom stereocenters. The van der Waals surface area contributed by atoms with Crippen LogP contribution in [0.2, 0.25) is 0 Å². The fraction of sp³-hybridized carbons (Fsp3) is 0. The molecule has 0 spiro atoms. The topological polar surface area (TPSA) is 22.1 Å². The number of allylic oxidation sites excluding steroid dienone is 3. The minimum atomic E-state index is 0.656. The Kier molecular flexibility index (Phi) is 3.51. The standard InChI is InChI=1S/C11H11NO/c1-3-6-10(4-2)13-11-7-5-8-12-9-11/h3-9H,1-2H2/b10-6+. The van der Waals surface area contributed by atoms with Crippen LogP contribution in [0, 0.1) is 0 Å². The van der Waals surface area contributed by atoms with Gasteiger partial charge in [0.1, 0.15) is 11.5 Å². The lowest BCUT2D eigenvalue weighted by atomic mass is 10.4. The van der Waals surface area contributed by atoms with Gasteiger partial charge in [-0.15, -0.1) is 0 Å². The van der Waals surface area contributed by atoms with Crippen molar-refractivity contribution in [1.29, 1.82) is 0 Å². The van der Waals surface area contributed by atoms with Gasteiger partial charge >= 0.3 is 0 Å². The van der Waals surface area contributed by atoms with E-state index in [2.05, 4.69) is 18.1 Å². The lowest BCUT2D eigenvalue weighted by Crippen LogP contribution is -1.91. The summed E-state index contributed by atoms with van der Waals surface area (Å²) in [5, 5.41) is 0. The van der Waals surface area contributed by atoms with Gasteiger partial charge in [0.05, 0.1) is 6.20 Å². The summed E-state index contributed by atoms with van der Waals surface area (Å²) in [6, 6.07) is 3.64. The lowest BCUT2D eigenvalue weighted by molar-refractivity contribution is 0.443. The summed E-state index contributed by atoms with van der Waals surface area (Å²) in [5.74, 6) is 1.35. The smallest absolute Gasteiger partial charge is 0.145 e. The van der Waals surface area contributed by atoms with Crippen molar-refractivity contribution >= 4 is 0 Å². The molecule has 0 radical (unpaired) electrons. The number of aromatic nitrogens is 1. The first-order chi connectivity index (χ1) is 6.36. The maximum Gasteiger partial charge on any atom is 0.145 e. The Morgan fingerprint density at radius 2 is 2.31 bits per heavy atom. The first kappa shape index (κ1) is 9.26. The van der Waals surface area contributed by atoms with Crippen LogP contribution in [-0.2, 0) is 0 Å². The highest BCUT2D eigenvalue weighted by atomic mass is 16.5. The maximum absolute atomic E-state index is 5.41. The summed E-state index contributed by atoms with van der Waals surface area (Å²) in [6.07, 6.45) is 8.33. The van der Waals surface area contributed by atoms with E-state index >= 15 is 0 Å². The van der Waals surface area contributed by atoms with Crippen LogP contribution >= 0.6 is 0 Å². The van der Waals surface area contributed by atoms with E-state index in [4.69, 9.17) is 4.74 Å².